The van der Waals surface area contributed by atoms with E-state index in [1.807, 2.05) is 42.2 Å². The second-order valence-corrected chi connectivity index (χ2v) is 7.68. The van der Waals surface area contributed by atoms with Crippen LogP contribution in [0.4, 0.5) is 0 Å². The standard InChI is InChI=1S/C22H25N3O3/c1-15-9-11-24(19(13-15)21-8-7-16(2)28-21)22(27)10-12-25-18-6-4-3-5-17(18)20(26)14-23-25/h3-8,14-15,19H,9-13H2,1-2H3/t15-,19-/m1/s1. The zero-order valence-electron chi connectivity index (χ0n) is 16.3. The van der Waals surface area contributed by atoms with Crippen molar-refractivity contribution in [2.75, 3.05) is 6.54 Å². The van der Waals surface area contributed by atoms with Crippen molar-refractivity contribution in [1.82, 2.24) is 14.7 Å². The van der Waals surface area contributed by atoms with Crippen LogP contribution in [0.2, 0.25) is 0 Å². The molecule has 0 N–H and O–H groups in total. The van der Waals surface area contributed by atoms with E-state index < -0.39 is 0 Å². The van der Waals surface area contributed by atoms with Crippen molar-refractivity contribution in [3.8, 4) is 0 Å². The minimum Gasteiger partial charge on any atom is -0.464 e. The normalized spacial score (nSPS) is 19.9. The molecular weight excluding hydrogens is 354 g/mol. The van der Waals surface area contributed by atoms with Crippen LogP contribution in [0.5, 0.6) is 0 Å². The molecule has 3 heterocycles. The van der Waals surface area contributed by atoms with E-state index in [2.05, 4.69) is 12.0 Å². The molecule has 28 heavy (non-hydrogen) atoms. The van der Waals surface area contributed by atoms with Crippen molar-refractivity contribution in [3.63, 3.8) is 0 Å². The molecule has 1 aromatic carbocycles. The predicted octanol–water partition coefficient (Wildman–Crippen LogP) is 3.69. The third-order valence-electron chi connectivity index (χ3n) is 5.57. The number of carbonyl (C=O) groups is 1. The maximum Gasteiger partial charge on any atom is 0.225 e. The highest BCUT2D eigenvalue weighted by Crippen LogP contribution is 2.35. The number of amides is 1. The van der Waals surface area contributed by atoms with Gasteiger partial charge in [0, 0.05) is 18.4 Å². The lowest BCUT2D eigenvalue weighted by atomic mass is 9.91. The van der Waals surface area contributed by atoms with E-state index >= 15 is 0 Å². The van der Waals surface area contributed by atoms with Crippen LogP contribution >= 0.6 is 0 Å². The first-order valence-electron chi connectivity index (χ1n) is 9.83. The first kappa shape index (κ1) is 18.5. The lowest BCUT2D eigenvalue weighted by Crippen LogP contribution is -2.40. The average Bonchev–Trinajstić information content (AvgIpc) is 3.14. The van der Waals surface area contributed by atoms with E-state index in [0.29, 0.717) is 24.3 Å². The molecule has 1 aliphatic heterocycles. The van der Waals surface area contributed by atoms with Gasteiger partial charge in [0.05, 0.1) is 24.3 Å². The molecule has 1 amide bonds. The second-order valence-electron chi connectivity index (χ2n) is 7.68. The molecule has 0 radical (unpaired) electrons. The minimum atomic E-state index is -0.101. The lowest BCUT2D eigenvalue weighted by Gasteiger charge is -2.37. The number of carbonyl (C=O) groups excluding carboxylic acids is 1. The van der Waals surface area contributed by atoms with Gasteiger partial charge in [0.15, 0.2) is 0 Å². The Morgan fingerprint density at radius 1 is 1.25 bits per heavy atom. The van der Waals surface area contributed by atoms with Gasteiger partial charge in [0.1, 0.15) is 11.5 Å². The Bertz CT molecular complexity index is 1050. The summed E-state index contributed by atoms with van der Waals surface area (Å²) in [4.78, 5) is 27.0. The Balaban J connectivity index is 1.53. The van der Waals surface area contributed by atoms with Crippen LogP contribution in [-0.4, -0.2) is 27.1 Å². The van der Waals surface area contributed by atoms with Gasteiger partial charge in [-0.05, 0) is 49.9 Å². The van der Waals surface area contributed by atoms with Gasteiger partial charge in [0.2, 0.25) is 11.3 Å². The van der Waals surface area contributed by atoms with Crippen molar-refractivity contribution in [2.24, 2.45) is 5.92 Å². The molecule has 2 aromatic heterocycles. The second kappa shape index (κ2) is 7.62. The topological polar surface area (TPSA) is 68.3 Å². The van der Waals surface area contributed by atoms with Crippen molar-refractivity contribution in [2.45, 2.75) is 45.7 Å². The Morgan fingerprint density at radius 3 is 2.86 bits per heavy atom. The molecule has 0 bridgehead atoms. The number of nitrogens with zero attached hydrogens (tertiary/aromatic N) is 3. The maximum absolute atomic E-state index is 13.1. The highest BCUT2D eigenvalue weighted by Gasteiger charge is 2.32. The van der Waals surface area contributed by atoms with Gasteiger partial charge in [-0.3, -0.25) is 14.3 Å². The van der Waals surface area contributed by atoms with Crippen LogP contribution < -0.4 is 5.43 Å². The molecule has 6 heteroatoms. The van der Waals surface area contributed by atoms with Crippen LogP contribution in [-0.2, 0) is 11.3 Å². The minimum absolute atomic E-state index is 0.0105. The monoisotopic (exact) mass is 379 g/mol. The molecule has 1 saturated heterocycles. The number of hydrogen-bond acceptors (Lipinski definition) is 4. The quantitative estimate of drug-likeness (QED) is 0.693. The van der Waals surface area contributed by atoms with E-state index in [-0.39, 0.29) is 17.4 Å². The maximum atomic E-state index is 13.1. The Morgan fingerprint density at radius 2 is 2.07 bits per heavy atom. The van der Waals surface area contributed by atoms with Gasteiger partial charge in [-0.1, -0.05) is 19.1 Å². The van der Waals surface area contributed by atoms with E-state index in [1.54, 1.807) is 10.7 Å². The van der Waals surface area contributed by atoms with Gasteiger partial charge in [0.25, 0.3) is 0 Å². The van der Waals surface area contributed by atoms with Gasteiger partial charge >= 0.3 is 0 Å². The number of piperidine rings is 1. The summed E-state index contributed by atoms with van der Waals surface area (Å²) >= 11 is 0. The van der Waals surface area contributed by atoms with E-state index in [9.17, 15) is 9.59 Å². The summed E-state index contributed by atoms with van der Waals surface area (Å²) in [7, 11) is 0. The molecule has 2 atom stereocenters. The van der Waals surface area contributed by atoms with E-state index in [1.165, 1.54) is 6.20 Å². The van der Waals surface area contributed by atoms with Gasteiger partial charge in [-0.25, -0.2) is 0 Å². The van der Waals surface area contributed by atoms with Crippen molar-refractivity contribution >= 4 is 16.8 Å². The fourth-order valence-corrected chi connectivity index (χ4v) is 4.03. The van der Waals surface area contributed by atoms with Crippen LogP contribution in [0, 0.1) is 12.8 Å². The largest absolute Gasteiger partial charge is 0.464 e. The number of furan rings is 1. The highest BCUT2D eigenvalue weighted by atomic mass is 16.3. The number of fused-ring (bicyclic) bond motifs is 1. The van der Waals surface area contributed by atoms with Crippen LogP contribution in [0.15, 0.2) is 51.8 Å². The lowest BCUT2D eigenvalue weighted by molar-refractivity contribution is -0.136. The van der Waals surface area contributed by atoms with Crippen molar-refractivity contribution in [3.05, 3.63) is 64.3 Å². The third kappa shape index (κ3) is 3.59. The number of rotatable bonds is 4. The molecule has 0 spiro atoms. The zero-order chi connectivity index (χ0) is 19.7. The molecule has 4 rings (SSSR count). The van der Waals surface area contributed by atoms with Crippen LogP contribution in [0.3, 0.4) is 0 Å². The van der Waals surface area contributed by atoms with E-state index in [4.69, 9.17) is 4.42 Å². The number of likely N-dealkylation sites (tertiary alicyclic amines) is 1. The van der Waals surface area contributed by atoms with Gasteiger partial charge in [-0.2, -0.15) is 5.10 Å². The summed E-state index contributed by atoms with van der Waals surface area (Å²) in [6.45, 7) is 5.33. The number of hydrogen-bond donors (Lipinski definition) is 0. The number of para-hydroxylation sites is 1. The third-order valence-corrected chi connectivity index (χ3v) is 5.57. The summed E-state index contributed by atoms with van der Waals surface area (Å²) < 4.78 is 7.58. The predicted molar refractivity (Wildman–Crippen MR) is 107 cm³/mol. The Hall–Kier alpha value is -2.89. The Labute approximate surface area is 163 Å². The summed E-state index contributed by atoms with van der Waals surface area (Å²) in [6.07, 6.45) is 3.58. The summed E-state index contributed by atoms with van der Waals surface area (Å²) in [5, 5.41) is 4.86. The van der Waals surface area contributed by atoms with Gasteiger partial charge in [-0.15, -0.1) is 0 Å². The summed E-state index contributed by atoms with van der Waals surface area (Å²) in [5.41, 5.74) is 0.657. The molecule has 146 valence electrons. The first-order valence-corrected chi connectivity index (χ1v) is 9.83. The summed E-state index contributed by atoms with van der Waals surface area (Å²) in [5.74, 6) is 2.38. The van der Waals surface area contributed by atoms with Crippen LogP contribution in [0.25, 0.3) is 10.9 Å². The number of aryl methyl sites for hydroxylation is 2. The zero-order valence-corrected chi connectivity index (χ0v) is 16.3. The smallest absolute Gasteiger partial charge is 0.225 e. The molecule has 0 aliphatic carbocycles. The Kier molecular flexibility index (Phi) is 5.03. The van der Waals surface area contributed by atoms with Crippen LogP contribution in [0.1, 0.15) is 43.7 Å². The molecule has 6 nitrogen and oxygen atoms in total. The summed E-state index contributed by atoms with van der Waals surface area (Å²) in [6, 6.07) is 11.3. The first-order chi connectivity index (χ1) is 13.5. The molecule has 1 fully saturated rings. The van der Waals surface area contributed by atoms with Crippen molar-refractivity contribution < 1.29 is 9.21 Å². The highest BCUT2D eigenvalue weighted by molar-refractivity contribution is 5.79. The SMILES string of the molecule is Cc1ccc([C@H]2C[C@H](C)CCN2C(=O)CCn2ncc(=O)c3ccccc32)o1. The van der Waals surface area contributed by atoms with E-state index in [0.717, 1.165) is 36.4 Å². The molecular formula is C22H25N3O3. The van der Waals surface area contributed by atoms with Crippen molar-refractivity contribution in [1.29, 1.82) is 0 Å². The molecule has 0 saturated carbocycles. The fourth-order valence-electron chi connectivity index (χ4n) is 4.03. The number of benzene rings is 1. The molecule has 0 unspecified atom stereocenters. The molecule has 3 aromatic rings. The number of aromatic nitrogens is 2. The fraction of sp³-hybridized carbons (Fsp3) is 0.409. The average molecular weight is 379 g/mol. The van der Waals surface area contributed by atoms with Gasteiger partial charge < -0.3 is 9.32 Å². The molecule has 1 aliphatic rings.